The molecule has 1 N–H and O–H groups in total. The molecule has 1 aliphatic heterocycles. The van der Waals surface area contributed by atoms with E-state index in [1.165, 1.54) is 7.11 Å². The summed E-state index contributed by atoms with van der Waals surface area (Å²) < 4.78 is 12.6. The number of phenolic OH excluding ortho intramolecular Hbond substituents is 1. The van der Waals surface area contributed by atoms with Crippen LogP contribution in [0, 0.1) is 0 Å². The molecule has 31 heavy (non-hydrogen) atoms. The van der Waals surface area contributed by atoms with E-state index in [0.29, 0.717) is 36.0 Å². The number of hydrogen-bond acceptors (Lipinski definition) is 8. The van der Waals surface area contributed by atoms with Crippen molar-refractivity contribution >= 4 is 17.0 Å². The van der Waals surface area contributed by atoms with Gasteiger partial charge in [-0.15, -0.1) is 0 Å². The third-order valence-electron chi connectivity index (χ3n) is 5.39. The summed E-state index contributed by atoms with van der Waals surface area (Å²) >= 11 is 0. The second-order valence-corrected chi connectivity index (χ2v) is 7.26. The molecule has 0 aliphatic carbocycles. The predicted octanol–water partition coefficient (Wildman–Crippen LogP) is 2.64. The number of hydrogen-bond donors (Lipinski definition) is 1. The molecule has 0 unspecified atom stereocenters. The molecule has 0 spiro atoms. The first-order valence-electron chi connectivity index (χ1n) is 10.0. The summed E-state index contributed by atoms with van der Waals surface area (Å²) in [6, 6.07) is 9.00. The number of imidazole rings is 1. The van der Waals surface area contributed by atoms with Gasteiger partial charge in [0.25, 0.3) is 0 Å². The summed E-state index contributed by atoms with van der Waals surface area (Å²) in [5.41, 5.74) is 3.10. The number of nitrogens with zero attached hydrogens (tertiary/aromatic N) is 6. The van der Waals surface area contributed by atoms with Crippen molar-refractivity contribution in [1.82, 2.24) is 24.5 Å². The number of anilines is 1. The van der Waals surface area contributed by atoms with Gasteiger partial charge in [0.05, 0.1) is 20.3 Å². The molecule has 1 saturated heterocycles. The Kier molecular flexibility index (Phi) is 4.87. The molecule has 9 heteroatoms. The van der Waals surface area contributed by atoms with Crippen LogP contribution in [0.2, 0.25) is 0 Å². The van der Waals surface area contributed by atoms with Crippen molar-refractivity contribution in [3.63, 3.8) is 0 Å². The number of rotatable bonds is 4. The molecule has 1 fully saturated rings. The van der Waals surface area contributed by atoms with Crippen LogP contribution in [0.1, 0.15) is 0 Å². The number of aromatic nitrogens is 5. The highest BCUT2D eigenvalue weighted by Crippen LogP contribution is 2.34. The number of fused-ring (bicyclic) bond motifs is 1. The maximum absolute atomic E-state index is 10.3. The number of aromatic hydroxyl groups is 1. The van der Waals surface area contributed by atoms with Crippen molar-refractivity contribution in [2.24, 2.45) is 7.05 Å². The number of phenols is 1. The fourth-order valence-corrected chi connectivity index (χ4v) is 3.76. The molecule has 9 nitrogen and oxygen atoms in total. The summed E-state index contributed by atoms with van der Waals surface area (Å²) in [6.07, 6.45) is 3.49. The minimum absolute atomic E-state index is 0.0408. The van der Waals surface area contributed by atoms with Gasteiger partial charge in [0.1, 0.15) is 5.82 Å². The zero-order chi connectivity index (χ0) is 21.4. The SMILES string of the molecule is COc1ccc(-c2nc(N3CCOCC3)c3nc(-c4ccncc4)n(C)c3n2)cc1O. The van der Waals surface area contributed by atoms with E-state index in [0.717, 1.165) is 35.8 Å². The zero-order valence-electron chi connectivity index (χ0n) is 17.3. The van der Waals surface area contributed by atoms with Crippen molar-refractivity contribution in [3.8, 4) is 34.3 Å². The molecule has 0 radical (unpaired) electrons. The van der Waals surface area contributed by atoms with E-state index in [1.807, 2.05) is 29.8 Å². The lowest BCUT2D eigenvalue weighted by molar-refractivity contribution is 0.122. The second kappa shape index (κ2) is 7.84. The fourth-order valence-electron chi connectivity index (χ4n) is 3.76. The van der Waals surface area contributed by atoms with Gasteiger partial charge >= 0.3 is 0 Å². The maximum Gasteiger partial charge on any atom is 0.166 e. The standard InChI is InChI=1S/C22H22N6O3/c1-27-20(14-5-7-23-8-6-14)24-18-21(27)25-19(15-3-4-17(30-2)16(29)13-15)26-22(18)28-9-11-31-12-10-28/h3-8,13,29H,9-12H2,1-2H3. The van der Waals surface area contributed by atoms with Crippen LogP contribution in [-0.2, 0) is 11.8 Å². The highest BCUT2D eigenvalue weighted by atomic mass is 16.5. The van der Waals surface area contributed by atoms with E-state index in [4.69, 9.17) is 24.4 Å². The summed E-state index contributed by atoms with van der Waals surface area (Å²) in [4.78, 5) is 20.8. The van der Waals surface area contributed by atoms with Crippen molar-refractivity contribution in [2.45, 2.75) is 0 Å². The summed E-state index contributed by atoms with van der Waals surface area (Å²) in [7, 11) is 3.46. The molecule has 0 bridgehead atoms. The Morgan fingerprint density at radius 1 is 1.00 bits per heavy atom. The van der Waals surface area contributed by atoms with Gasteiger partial charge in [-0.2, -0.15) is 0 Å². The Labute approximate surface area is 178 Å². The van der Waals surface area contributed by atoms with E-state index in [-0.39, 0.29) is 5.75 Å². The Morgan fingerprint density at radius 3 is 2.48 bits per heavy atom. The largest absolute Gasteiger partial charge is 0.504 e. The van der Waals surface area contributed by atoms with Gasteiger partial charge in [-0.05, 0) is 30.3 Å². The highest BCUT2D eigenvalue weighted by Gasteiger charge is 2.23. The molecule has 3 aromatic heterocycles. The number of benzene rings is 1. The van der Waals surface area contributed by atoms with Crippen LogP contribution < -0.4 is 9.64 Å². The van der Waals surface area contributed by atoms with Crippen molar-refractivity contribution < 1.29 is 14.6 Å². The molecule has 0 saturated carbocycles. The first-order chi connectivity index (χ1) is 15.2. The monoisotopic (exact) mass is 418 g/mol. The number of methoxy groups -OCH3 is 1. The topological polar surface area (TPSA) is 98.4 Å². The van der Waals surface area contributed by atoms with E-state index >= 15 is 0 Å². The van der Waals surface area contributed by atoms with Crippen LogP contribution in [0.25, 0.3) is 33.9 Å². The van der Waals surface area contributed by atoms with Crippen molar-refractivity contribution in [1.29, 1.82) is 0 Å². The Morgan fingerprint density at radius 2 is 1.77 bits per heavy atom. The molecular weight excluding hydrogens is 396 g/mol. The lowest BCUT2D eigenvalue weighted by Crippen LogP contribution is -2.37. The molecule has 158 valence electrons. The molecule has 1 aromatic carbocycles. The summed E-state index contributed by atoms with van der Waals surface area (Å²) in [5, 5.41) is 10.3. The van der Waals surface area contributed by atoms with Gasteiger partial charge in [0.2, 0.25) is 0 Å². The van der Waals surface area contributed by atoms with Crippen LogP contribution in [-0.4, -0.2) is 63.0 Å². The van der Waals surface area contributed by atoms with Gasteiger partial charge in [-0.25, -0.2) is 15.0 Å². The van der Waals surface area contributed by atoms with Crippen molar-refractivity contribution in [2.75, 3.05) is 38.3 Å². The summed E-state index contributed by atoms with van der Waals surface area (Å²) in [5.74, 6) is 2.50. The Bertz CT molecular complexity index is 1240. The van der Waals surface area contributed by atoms with Gasteiger partial charge < -0.3 is 24.0 Å². The van der Waals surface area contributed by atoms with Crippen LogP contribution in [0.4, 0.5) is 5.82 Å². The quantitative estimate of drug-likeness (QED) is 0.540. The Balaban J connectivity index is 1.72. The fraction of sp³-hybridized carbons (Fsp3) is 0.273. The van der Waals surface area contributed by atoms with Crippen LogP contribution in [0.15, 0.2) is 42.7 Å². The first-order valence-corrected chi connectivity index (χ1v) is 10.0. The van der Waals surface area contributed by atoms with Gasteiger partial charge in [-0.1, -0.05) is 0 Å². The van der Waals surface area contributed by atoms with Gasteiger partial charge in [-0.3, -0.25) is 4.98 Å². The molecule has 1 aliphatic rings. The number of pyridine rings is 1. The zero-order valence-corrected chi connectivity index (χ0v) is 17.3. The lowest BCUT2D eigenvalue weighted by Gasteiger charge is -2.28. The third kappa shape index (κ3) is 3.42. The molecule has 4 aromatic rings. The molecule has 0 amide bonds. The van der Waals surface area contributed by atoms with Crippen molar-refractivity contribution in [3.05, 3.63) is 42.7 Å². The lowest BCUT2D eigenvalue weighted by atomic mass is 10.2. The van der Waals surface area contributed by atoms with E-state index < -0.39 is 0 Å². The van der Waals surface area contributed by atoms with E-state index in [9.17, 15) is 5.11 Å². The van der Waals surface area contributed by atoms with Gasteiger partial charge in [0.15, 0.2) is 34.3 Å². The molecule has 5 rings (SSSR count). The maximum atomic E-state index is 10.3. The molecule has 4 heterocycles. The normalized spacial score (nSPS) is 14.2. The number of ether oxygens (including phenoxy) is 2. The highest BCUT2D eigenvalue weighted by molar-refractivity contribution is 5.89. The van der Waals surface area contributed by atoms with Gasteiger partial charge in [0, 0.05) is 43.7 Å². The minimum atomic E-state index is 0.0408. The third-order valence-corrected chi connectivity index (χ3v) is 5.39. The first kappa shape index (κ1) is 19.3. The number of aryl methyl sites for hydroxylation is 1. The van der Waals surface area contributed by atoms with Crippen LogP contribution in [0.3, 0.4) is 0 Å². The van der Waals surface area contributed by atoms with Crippen LogP contribution in [0.5, 0.6) is 11.5 Å². The smallest absolute Gasteiger partial charge is 0.166 e. The predicted molar refractivity (Wildman–Crippen MR) is 116 cm³/mol. The summed E-state index contributed by atoms with van der Waals surface area (Å²) in [6.45, 7) is 2.71. The average Bonchev–Trinajstić information content (AvgIpc) is 3.16. The van der Waals surface area contributed by atoms with Crippen LogP contribution >= 0.6 is 0 Å². The average molecular weight is 418 g/mol. The minimum Gasteiger partial charge on any atom is -0.504 e. The molecular formula is C22H22N6O3. The van der Waals surface area contributed by atoms with E-state index in [1.54, 1.807) is 24.5 Å². The van der Waals surface area contributed by atoms with E-state index in [2.05, 4.69) is 9.88 Å². The molecule has 0 atom stereocenters. The second-order valence-electron chi connectivity index (χ2n) is 7.26. The Hall–Kier alpha value is -3.72. The number of morpholine rings is 1.